The van der Waals surface area contributed by atoms with Crippen LogP contribution in [0.5, 0.6) is 0 Å². The minimum Gasteiger partial charge on any atom is -0.481 e. The van der Waals surface area contributed by atoms with Crippen LogP contribution in [0.4, 0.5) is 13.2 Å². The molecule has 1 N–H and O–H groups in total. The van der Waals surface area contributed by atoms with Crippen LogP contribution in [0.25, 0.3) is 0 Å². The van der Waals surface area contributed by atoms with Gasteiger partial charge in [0, 0.05) is 18.9 Å². The van der Waals surface area contributed by atoms with E-state index in [-0.39, 0.29) is 53.3 Å². The van der Waals surface area contributed by atoms with Crippen LogP contribution in [0.2, 0.25) is 10.0 Å². The number of carbonyl (C=O) groups is 3. The fourth-order valence-corrected chi connectivity index (χ4v) is 6.50. The molecule has 2 aromatic rings. The average molecular weight is 603 g/mol. The summed E-state index contributed by atoms with van der Waals surface area (Å²) in [6.45, 7) is 3.07. The number of Topliss-reactive ketones (excluding diaryl/α,β-unsaturated/α-hetero) is 1. The molecular weight excluding hydrogens is 572 g/mol. The first kappa shape index (κ1) is 30.3. The number of hydrogen-bond donors (Lipinski definition) is 1. The number of amides is 1. The van der Waals surface area contributed by atoms with Gasteiger partial charge < -0.3 is 10.0 Å². The number of alkyl halides is 3. The molecule has 0 radical (unpaired) electrons. The summed E-state index contributed by atoms with van der Waals surface area (Å²) < 4.78 is 44.2. The second-order valence-corrected chi connectivity index (χ2v) is 12.3. The SMILES string of the molecule is CC1(CN(CC(=O)c2c(Cl)cncc2Cl)C(=O)c2cnn(C3CCC(C)(C(=O)O)CC3)c2C(F)(F)F)CCCC1. The largest absolute Gasteiger partial charge is 0.481 e. The number of carbonyl (C=O) groups excluding carboxylic acids is 2. The molecule has 2 saturated carbocycles. The average Bonchev–Trinajstić information content (AvgIpc) is 3.50. The highest BCUT2D eigenvalue weighted by atomic mass is 35.5. The zero-order chi connectivity index (χ0) is 29.5. The van der Waals surface area contributed by atoms with Crippen LogP contribution in [-0.2, 0) is 11.0 Å². The van der Waals surface area contributed by atoms with Gasteiger partial charge >= 0.3 is 12.1 Å². The summed E-state index contributed by atoms with van der Waals surface area (Å²) in [5.41, 5.74) is -3.30. The topological polar surface area (TPSA) is 105 Å². The number of aliphatic carboxylic acids is 1. The van der Waals surface area contributed by atoms with Crippen molar-refractivity contribution in [3.05, 3.63) is 45.5 Å². The molecule has 2 heterocycles. The Hall–Kier alpha value is -2.66. The van der Waals surface area contributed by atoms with Gasteiger partial charge in [-0.1, -0.05) is 43.0 Å². The third-order valence-electron chi connectivity index (χ3n) is 8.35. The molecule has 4 rings (SSSR count). The van der Waals surface area contributed by atoms with Crippen LogP contribution in [0.15, 0.2) is 18.6 Å². The maximum atomic E-state index is 14.5. The number of carboxylic acid groups (broad SMARTS) is 1. The molecule has 8 nitrogen and oxygen atoms in total. The van der Waals surface area contributed by atoms with Gasteiger partial charge in [-0.25, -0.2) is 0 Å². The van der Waals surface area contributed by atoms with Gasteiger partial charge in [0.25, 0.3) is 5.91 Å². The predicted molar refractivity (Wildman–Crippen MR) is 142 cm³/mol. The number of ketones is 1. The fraction of sp³-hybridized carbons (Fsp3) is 0.593. The normalized spacial score (nSPS) is 22.7. The van der Waals surface area contributed by atoms with Gasteiger partial charge in [0.2, 0.25) is 0 Å². The van der Waals surface area contributed by atoms with Crippen molar-refractivity contribution in [3.8, 4) is 0 Å². The zero-order valence-corrected chi connectivity index (χ0v) is 23.7. The van der Waals surface area contributed by atoms with Gasteiger partial charge in [0.1, 0.15) is 0 Å². The lowest BCUT2D eigenvalue weighted by molar-refractivity contribution is -0.152. The Morgan fingerprint density at radius 3 is 2.15 bits per heavy atom. The van der Waals surface area contributed by atoms with E-state index in [0.29, 0.717) is 0 Å². The summed E-state index contributed by atoms with van der Waals surface area (Å²) in [5.74, 6) is -2.57. The molecule has 0 atom stereocenters. The highest BCUT2D eigenvalue weighted by molar-refractivity contribution is 6.39. The van der Waals surface area contributed by atoms with Crippen LogP contribution in [0, 0.1) is 10.8 Å². The van der Waals surface area contributed by atoms with Crippen molar-refractivity contribution >= 4 is 40.9 Å². The third-order valence-corrected chi connectivity index (χ3v) is 8.93. The van der Waals surface area contributed by atoms with E-state index in [1.54, 1.807) is 6.92 Å². The molecule has 0 unspecified atom stereocenters. The van der Waals surface area contributed by atoms with E-state index in [4.69, 9.17) is 23.2 Å². The Balaban J connectivity index is 1.69. The van der Waals surface area contributed by atoms with Gasteiger partial charge in [-0.3, -0.25) is 24.0 Å². The van der Waals surface area contributed by atoms with Gasteiger partial charge in [-0.2, -0.15) is 18.3 Å². The van der Waals surface area contributed by atoms with Crippen molar-refractivity contribution < 1.29 is 32.7 Å². The van der Waals surface area contributed by atoms with Gasteiger partial charge in [0.15, 0.2) is 11.5 Å². The standard InChI is InChI=1S/C27H31Cl2F3N4O4/c1-25(7-3-4-8-25)15-35(14-20(37)21-18(28)12-33-13-19(21)29)23(38)17-11-34-36(22(17)27(30,31)32)16-5-9-26(2,10-6-16)24(39)40/h11-13,16H,3-10,14-15H2,1-2H3,(H,39,40). The lowest BCUT2D eigenvalue weighted by atomic mass is 9.74. The maximum Gasteiger partial charge on any atom is 0.433 e. The molecule has 0 aromatic carbocycles. The summed E-state index contributed by atoms with van der Waals surface area (Å²) in [4.78, 5) is 43.7. The minimum absolute atomic E-state index is 0.0218. The fourth-order valence-electron chi connectivity index (χ4n) is 5.92. The molecule has 218 valence electrons. The molecule has 1 amide bonds. The van der Waals surface area contributed by atoms with E-state index in [0.717, 1.165) is 41.5 Å². The summed E-state index contributed by atoms with van der Waals surface area (Å²) in [6.07, 6.45) is 2.49. The first-order chi connectivity index (χ1) is 18.7. The first-order valence-electron chi connectivity index (χ1n) is 13.1. The molecule has 2 aliphatic carbocycles. The number of hydrogen-bond acceptors (Lipinski definition) is 5. The van der Waals surface area contributed by atoms with E-state index in [1.807, 2.05) is 6.92 Å². The smallest absolute Gasteiger partial charge is 0.433 e. The second-order valence-electron chi connectivity index (χ2n) is 11.5. The Bertz CT molecular complexity index is 1280. The highest BCUT2D eigenvalue weighted by Gasteiger charge is 2.45. The first-order valence-corrected chi connectivity index (χ1v) is 13.9. The van der Waals surface area contributed by atoms with E-state index < -0.39 is 53.1 Å². The zero-order valence-electron chi connectivity index (χ0n) is 22.2. The van der Waals surface area contributed by atoms with Crippen LogP contribution in [0.3, 0.4) is 0 Å². The third kappa shape index (κ3) is 6.15. The Morgan fingerprint density at radius 1 is 1.05 bits per heavy atom. The van der Waals surface area contributed by atoms with Crippen LogP contribution >= 0.6 is 23.2 Å². The molecule has 0 aliphatic heterocycles. The number of pyridine rings is 1. The second kappa shape index (κ2) is 11.3. The summed E-state index contributed by atoms with van der Waals surface area (Å²) >= 11 is 12.3. The molecule has 13 heteroatoms. The molecule has 2 aromatic heterocycles. The summed E-state index contributed by atoms with van der Waals surface area (Å²) in [7, 11) is 0. The van der Waals surface area contributed by atoms with Crippen molar-refractivity contribution in [1.29, 1.82) is 0 Å². The van der Waals surface area contributed by atoms with E-state index in [1.165, 1.54) is 12.4 Å². The molecule has 0 saturated heterocycles. The number of aromatic nitrogens is 3. The molecule has 2 aliphatic rings. The molecule has 0 spiro atoms. The number of halogens is 5. The molecule has 0 bridgehead atoms. The number of carboxylic acids is 1. The lowest BCUT2D eigenvalue weighted by Gasteiger charge is -2.35. The predicted octanol–water partition coefficient (Wildman–Crippen LogP) is 6.72. The van der Waals surface area contributed by atoms with Crippen molar-refractivity contribution in [2.75, 3.05) is 13.1 Å². The molecule has 2 fully saturated rings. The van der Waals surface area contributed by atoms with Crippen LogP contribution in [0.1, 0.15) is 97.7 Å². The molecule has 40 heavy (non-hydrogen) atoms. The van der Waals surface area contributed by atoms with Crippen LogP contribution < -0.4 is 0 Å². The summed E-state index contributed by atoms with van der Waals surface area (Å²) in [5, 5.41) is 13.4. The number of nitrogens with zero attached hydrogens (tertiary/aromatic N) is 4. The van der Waals surface area contributed by atoms with Crippen molar-refractivity contribution in [1.82, 2.24) is 19.7 Å². The Labute approximate surface area is 239 Å². The quantitative estimate of drug-likeness (QED) is 0.336. The summed E-state index contributed by atoms with van der Waals surface area (Å²) in [6, 6.07) is -0.720. The Morgan fingerprint density at radius 2 is 1.62 bits per heavy atom. The monoisotopic (exact) mass is 602 g/mol. The van der Waals surface area contributed by atoms with E-state index >= 15 is 0 Å². The van der Waals surface area contributed by atoms with Crippen molar-refractivity contribution in [2.45, 2.75) is 77.4 Å². The van der Waals surface area contributed by atoms with Crippen molar-refractivity contribution in [3.63, 3.8) is 0 Å². The van der Waals surface area contributed by atoms with Crippen LogP contribution in [-0.4, -0.2) is 55.5 Å². The lowest BCUT2D eigenvalue weighted by Crippen LogP contribution is -2.43. The van der Waals surface area contributed by atoms with E-state index in [9.17, 15) is 32.7 Å². The minimum atomic E-state index is -4.92. The van der Waals surface area contributed by atoms with Gasteiger partial charge in [0.05, 0.1) is 45.4 Å². The van der Waals surface area contributed by atoms with Gasteiger partial charge in [-0.05, 0) is 50.9 Å². The van der Waals surface area contributed by atoms with Gasteiger partial charge in [-0.15, -0.1) is 0 Å². The maximum absolute atomic E-state index is 14.5. The number of rotatable bonds is 8. The molecular formula is C27H31Cl2F3N4O4. The highest BCUT2D eigenvalue weighted by Crippen LogP contribution is 2.44. The Kier molecular flexibility index (Phi) is 8.57. The van der Waals surface area contributed by atoms with E-state index in [2.05, 4.69) is 10.1 Å². The van der Waals surface area contributed by atoms with Crippen molar-refractivity contribution in [2.24, 2.45) is 10.8 Å².